The van der Waals surface area contributed by atoms with Gasteiger partial charge in [-0.1, -0.05) is 6.08 Å². The molecule has 0 aromatic rings. The predicted molar refractivity (Wildman–Crippen MR) is 40.5 cm³/mol. The fraction of sp³-hybridized carbons (Fsp3) is 0.571. The second-order valence-electron chi connectivity index (χ2n) is 1.97. The third-order valence-corrected chi connectivity index (χ3v) is 1.02. The number of nitrogens with zero attached hydrogens (tertiary/aromatic N) is 1. The molecule has 3 nitrogen and oxygen atoms in total. The Kier molecular flexibility index (Phi) is 5.77. The van der Waals surface area contributed by atoms with Crippen molar-refractivity contribution < 1.29 is 9.94 Å². The van der Waals surface area contributed by atoms with Crippen LogP contribution in [0.4, 0.5) is 0 Å². The van der Waals surface area contributed by atoms with E-state index in [1.54, 1.807) is 6.08 Å². The molecule has 0 aliphatic carbocycles. The molecule has 0 rings (SSSR count). The lowest BCUT2D eigenvalue weighted by molar-refractivity contribution is 0.0942. The average molecular weight is 143 g/mol. The molecule has 3 heteroatoms. The molecule has 0 radical (unpaired) electrons. The quantitative estimate of drug-likeness (QED) is 0.274. The van der Waals surface area contributed by atoms with Gasteiger partial charge in [-0.2, -0.15) is 0 Å². The molecular formula is C7H13NO2. The third kappa shape index (κ3) is 5.31. The molecule has 0 aliphatic rings. The average Bonchev–Trinajstić information content (AvgIpc) is 1.97. The first-order chi connectivity index (χ1) is 4.81. The monoisotopic (exact) mass is 143 g/mol. The molecule has 0 saturated heterocycles. The molecule has 1 atom stereocenters. The fourth-order valence-corrected chi connectivity index (χ4v) is 0.496. The van der Waals surface area contributed by atoms with Gasteiger partial charge >= 0.3 is 0 Å². The number of rotatable bonds is 5. The summed E-state index contributed by atoms with van der Waals surface area (Å²) in [5.41, 5.74) is 0. The topological polar surface area (TPSA) is 41.8 Å². The zero-order valence-corrected chi connectivity index (χ0v) is 6.16. The van der Waals surface area contributed by atoms with E-state index in [4.69, 9.17) is 9.94 Å². The first-order valence-corrected chi connectivity index (χ1v) is 3.19. The van der Waals surface area contributed by atoms with Crippen molar-refractivity contribution in [1.82, 2.24) is 0 Å². The van der Waals surface area contributed by atoms with Crippen LogP contribution in [0.1, 0.15) is 13.3 Å². The molecule has 0 heterocycles. The van der Waals surface area contributed by atoms with Crippen LogP contribution < -0.4 is 0 Å². The first-order valence-electron chi connectivity index (χ1n) is 3.19. The summed E-state index contributed by atoms with van der Waals surface area (Å²) in [6, 6.07) is 0. The highest BCUT2D eigenvalue weighted by atomic mass is 16.5. The third-order valence-electron chi connectivity index (χ3n) is 1.02. The summed E-state index contributed by atoms with van der Waals surface area (Å²) in [5, 5.41) is 10.9. The van der Waals surface area contributed by atoms with E-state index in [1.807, 2.05) is 6.92 Å². The summed E-state index contributed by atoms with van der Waals surface area (Å²) in [7, 11) is 0. The highest BCUT2D eigenvalue weighted by Gasteiger charge is 1.96. The Morgan fingerprint density at radius 3 is 3.00 bits per heavy atom. The Hall–Kier alpha value is -0.830. The fourth-order valence-electron chi connectivity index (χ4n) is 0.496. The summed E-state index contributed by atoms with van der Waals surface area (Å²) in [5.74, 6) is 0. The normalized spacial score (nSPS) is 13.7. The van der Waals surface area contributed by atoms with E-state index in [0.29, 0.717) is 13.0 Å². The number of ether oxygens (including phenoxy) is 1. The van der Waals surface area contributed by atoms with Crippen molar-refractivity contribution in [2.75, 3.05) is 6.61 Å². The van der Waals surface area contributed by atoms with Crippen LogP contribution in [-0.4, -0.2) is 24.1 Å². The molecule has 0 saturated carbocycles. The van der Waals surface area contributed by atoms with Gasteiger partial charge in [0.1, 0.15) is 0 Å². The summed E-state index contributed by atoms with van der Waals surface area (Å²) in [6.45, 7) is 5.95. The van der Waals surface area contributed by atoms with E-state index in [2.05, 4.69) is 11.7 Å². The van der Waals surface area contributed by atoms with Gasteiger partial charge in [-0.15, -0.1) is 11.7 Å². The van der Waals surface area contributed by atoms with E-state index in [0.717, 1.165) is 0 Å². The molecule has 0 aromatic carbocycles. The van der Waals surface area contributed by atoms with Crippen molar-refractivity contribution in [2.24, 2.45) is 5.16 Å². The molecule has 0 spiro atoms. The molecule has 0 bridgehead atoms. The number of hydrogen-bond donors (Lipinski definition) is 1. The van der Waals surface area contributed by atoms with Gasteiger partial charge in [0.15, 0.2) is 0 Å². The van der Waals surface area contributed by atoms with E-state index in [1.165, 1.54) is 6.21 Å². The van der Waals surface area contributed by atoms with Gasteiger partial charge in [0.05, 0.1) is 12.7 Å². The van der Waals surface area contributed by atoms with Crippen LogP contribution in [0.5, 0.6) is 0 Å². The number of hydrogen-bond acceptors (Lipinski definition) is 3. The second kappa shape index (κ2) is 6.29. The van der Waals surface area contributed by atoms with Crippen molar-refractivity contribution >= 4 is 6.21 Å². The van der Waals surface area contributed by atoms with Crippen molar-refractivity contribution in [3.8, 4) is 0 Å². The van der Waals surface area contributed by atoms with E-state index in [9.17, 15) is 0 Å². The van der Waals surface area contributed by atoms with Gasteiger partial charge < -0.3 is 9.94 Å². The van der Waals surface area contributed by atoms with Crippen LogP contribution in [0, 0.1) is 0 Å². The van der Waals surface area contributed by atoms with Gasteiger partial charge in [-0.05, 0) is 6.92 Å². The minimum atomic E-state index is 0.0916. The second-order valence-corrected chi connectivity index (χ2v) is 1.97. The Bertz CT molecular complexity index is 112. The zero-order valence-electron chi connectivity index (χ0n) is 6.16. The summed E-state index contributed by atoms with van der Waals surface area (Å²) in [4.78, 5) is 0. The van der Waals surface area contributed by atoms with E-state index >= 15 is 0 Å². The Morgan fingerprint density at radius 1 is 1.80 bits per heavy atom. The Morgan fingerprint density at radius 2 is 2.50 bits per heavy atom. The van der Waals surface area contributed by atoms with Crippen LogP contribution in [-0.2, 0) is 4.74 Å². The van der Waals surface area contributed by atoms with Crippen LogP contribution in [0.2, 0.25) is 0 Å². The number of oxime groups is 1. The molecule has 0 aromatic heterocycles. The minimum Gasteiger partial charge on any atom is -0.411 e. The molecule has 10 heavy (non-hydrogen) atoms. The van der Waals surface area contributed by atoms with Gasteiger partial charge in [-0.3, -0.25) is 0 Å². The van der Waals surface area contributed by atoms with E-state index in [-0.39, 0.29) is 6.10 Å². The van der Waals surface area contributed by atoms with Crippen LogP contribution in [0.15, 0.2) is 17.8 Å². The first kappa shape index (κ1) is 9.17. The van der Waals surface area contributed by atoms with Crippen molar-refractivity contribution in [3.05, 3.63) is 12.7 Å². The van der Waals surface area contributed by atoms with Crippen LogP contribution in [0.3, 0.4) is 0 Å². The molecule has 0 amide bonds. The lowest BCUT2D eigenvalue weighted by Crippen LogP contribution is -2.08. The minimum absolute atomic E-state index is 0.0916. The molecule has 0 fully saturated rings. The molecule has 1 unspecified atom stereocenters. The van der Waals surface area contributed by atoms with Gasteiger partial charge in [0.25, 0.3) is 0 Å². The van der Waals surface area contributed by atoms with Crippen molar-refractivity contribution in [3.63, 3.8) is 0 Å². The zero-order chi connectivity index (χ0) is 7.82. The SMILES string of the molecule is C=CCOC(C)C/C=N\O. The van der Waals surface area contributed by atoms with Gasteiger partial charge in [0, 0.05) is 12.6 Å². The maximum atomic E-state index is 8.03. The molecule has 58 valence electrons. The molecular weight excluding hydrogens is 130 g/mol. The lowest BCUT2D eigenvalue weighted by Gasteiger charge is -2.06. The molecule has 0 aliphatic heterocycles. The van der Waals surface area contributed by atoms with Gasteiger partial charge in [-0.25, -0.2) is 0 Å². The molecule has 1 N–H and O–H groups in total. The Balaban J connectivity index is 3.24. The van der Waals surface area contributed by atoms with Crippen LogP contribution in [0.25, 0.3) is 0 Å². The summed E-state index contributed by atoms with van der Waals surface area (Å²) < 4.78 is 5.17. The van der Waals surface area contributed by atoms with E-state index < -0.39 is 0 Å². The Labute approximate surface area is 61.0 Å². The predicted octanol–water partition coefficient (Wildman–Crippen LogP) is 1.43. The van der Waals surface area contributed by atoms with Crippen molar-refractivity contribution in [2.45, 2.75) is 19.4 Å². The van der Waals surface area contributed by atoms with Crippen LogP contribution >= 0.6 is 0 Å². The van der Waals surface area contributed by atoms with Gasteiger partial charge in [0.2, 0.25) is 0 Å². The highest BCUT2D eigenvalue weighted by molar-refractivity contribution is 5.56. The standard InChI is InChI=1S/C7H13NO2/c1-3-6-10-7(2)4-5-8-9/h3,5,7,9H,1,4,6H2,2H3/b8-5-. The largest absolute Gasteiger partial charge is 0.411 e. The lowest BCUT2D eigenvalue weighted by atomic mass is 10.3. The smallest absolute Gasteiger partial charge is 0.0648 e. The van der Waals surface area contributed by atoms with Crippen molar-refractivity contribution in [1.29, 1.82) is 0 Å². The highest BCUT2D eigenvalue weighted by Crippen LogP contribution is 1.93. The summed E-state index contributed by atoms with van der Waals surface area (Å²) >= 11 is 0. The maximum absolute atomic E-state index is 8.03. The maximum Gasteiger partial charge on any atom is 0.0648 e. The summed E-state index contributed by atoms with van der Waals surface area (Å²) in [6.07, 6.45) is 3.82.